The lowest BCUT2D eigenvalue weighted by molar-refractivity contribution is 0.0573. The van der Waals surface area contributed by atoms with Gasteiger partial charge in [0, 0.05) is 31.7 Å². The van der Waals surface area contributed by atoms with Crippen molar-refractivity contribution in [1.29, 1.82) is 0 Å². The van der Waals surface area contributed by atoms with Crippen LogP contribution in [0.4, 0.5) is 9.18 Å². The highest BCUT2D eigenvalue weighted by atomic mass is 32.1. The molecule has 1 aromatic heterocycles. The minimum atomic E-state index is -0.341. The molecule has 0 atom stereocenters. The average Bonchev–Trinajstić information content (AvgIpc) is 3.04. The molecule has 0 unspecified atom stereocenters. The van der Waals surface area contributed by atoms with E-state index in [2.05, 4.69) is 4.98 Å². The Hall–Kier alpha value is -2.48. The van der Waals surface area contributed by atoms with Crippen molar-refractivity contribution in [2.45, 2.75) is 13.8 Å². The molecule has 3 rings (SSSR count). The van der Waals surface area contributed by atoms with Gasteiger partial charge in [-0.05, 0) is 38.1 Å². The summed E-state index contributed by atoms with van der Waals surface area (Å²) >= 11 is 1.31. The first-order valence-corrected chi connectivity index (χ1v) is 9.25. The number of rotatable bonds is 3. The first-order valence-electron chi connectivity index (χ1n) is 8.44. The Morgan fingerprint density at radius 2 is 1.77 bits per heavy atom. The van der Waals surface area contributed by atoms with E-state index in [0.29, 0.717) is 48.4 Å². The highest BCUT2D eigenvalue weighted by Crippen LogP contribution is 2.29. The molecular formula is C18H20FN3O3S. The fraction of sp³-hybridized carbons (Fsp3) is 0.389. The highest BCUT2D eigenvalue weighted by molar-refractivity contribution is 7.17. The number of hydrogen-bond donors (Lipinski definition) is 0. The maximum Gasteiger partial charge on any atom is 0.409 e. The van der Waals surface area contributed by atoms with Crippen molar-refractivity contribution in [2.75, 3.05) is 32.8 Å². The van der Waals surface area contributed by atoms with Crippen LogP contribution in [0.5, 0.6) is 0 Å². The summed E-state index contributed by atoms with van der Waals surface area (Å²) in [6, 6.07) is 6.06. The maximum atomic E-state index is 13.1. The molecule has 8 heteroatoms. The van der Waals surface area contributed by atoms with E-state index >= 15 is 0 Å². The maximum absolute atomic E-state index is 13.1. The number of hydrogen-bond acceptors (Lipinski definition) is 5. The van der Waals surface area contributed by atoms with Crippen LogP contribution in [0.2, 0.25) is 0 Å². The number of piperazine rings is 1. The lowest BCUT2D eigenvalue weighted by Gasteiger charge is -2.33. The second-order valence-corrected chi connectivity index (χ2v) is 6.92. The van der Waals surface area contributed by atoms with Crippen LogP contribution in [-0.4, -0.2) is 59.6 Å². The van der Waals surface area contributed by atoms with E-state index in [0.717, 1.165) is 5.56 Å². The summed E-state index contributed by atoms with van der Waals surface area (Å²) in [6.45, 7) is 5.72. The van der Waals surface area contributed by atoms with Crippen LogP contribution in [0.1, 0.15) is 22.3 Å². The number of carbonyl (C=O) groups excluding carboxylic acids is 2. The van der Waals surface area contributed by atoms with E-state index in [4.69, 9.17) is 4.74 Å². The van der Waals surface area contributed by atoms with E-state index in [1.165, 1.54) is 23.5 Å². The molecule has 1 aliphatic rings. The van der Waals surface area contributed by atoms with E-state index in [9.17, 15) is 14.0 Å². The molecule has 26 heavy (non-hydrogen) atoms. The predicted molar refractivity (Wildman–Crippen MR) is 96.7 cm³/mol. The number of amides is 2. The summed E-state index contributed by atoms with van der Waals surface area (Å²) in [4.78, 5) is 32.9. The fourth-order valence-electron chi connectivity index (χ4n) is 2.76. The summed E-state index contributed by atoms with van der Waals surface area (Å²) < 4.78 is 18.1. The Morgan fingerprint density at radius 1 is 1.15 bits per heavy atom. The molecule has 138 valence electrons. The van der Waals surface area contributed by atoms with Gasteiger partial charge in [-0.3, -0.25) is 4.79 Å². The van der Waals surface area contributed by atoms with Crippen molar-refractivity contribution >= 4 is 23.3 Å². The summed E-state index contributed by atoms with van der Waals surface area (Å²) in [5, 5.41) is 0.691. The normalized spacial score (nSPS) is 14.4. The zero-order valence-electron chi connectivity index (χ0n) is 14.7. The molecule has 6 nitrogen and oxygen atoms in total. The van der Waals surface area contributed by atoms with Crippen LogP contribution in [0, 0.1) is 12.7 Å². The standard InChI is InChI=1S/C18H20FN3O3S/c1-3-25-18(24)22-10-8-21(9-11-22)17(23)15-12(2)20-16(26-15)13-4-6-14(19)7-5-13/h4-7H,3,8-11H2,1-2H3. The van der Waals surface area contributed by atoms with Crippen molar-refractivity contribution in [2.24, 2.45) is 0 Å². The van der Waals surface area contributed by atoms with Crippen LogP contribution in [-0.2, 0) is 4.74 Å². The third kappa shape index (κ3) is 3.85. The molecule has 0 radical (unpaired) electrons. The van der Waals surface area contributed by atoms with Gasteiger partial charge in [-0.2, -0.15) is 0 Å². The molecule has 1 saturated heterocycles. The quantitative estimate of drug-likeness (QED) is 0.824. The zero-order chi connectivity index (χ0) is 18.7. The lowest BCUT2D eigenvalue weighted by atomic mass is 10.2. The predicted octanol–water partition coefficient (Wildman–Crippen LogP) is 3.17. The number of ether oxygens (including phenoxy) is 1. The van der Waals surface area contributed by atoms with E-state index in [1.807, 2.05) is 0 Å². The molecule has 0 aliphatic carbocycles. The van der Waals surface area contributed by atoms with Gasteiger partial charge in [0.15, 0.2) is 0 Å². The van der Waals surface area contributed by atoms with Crippen LogP contribution in [0.15, 0.2) is 24.3 Å². The summed E-state index contributed by atoms with van der Waals surface area (Å²) in [7, 11) is 0. The van der Waals surface area contributed by atoms with Gasteiger partial charge in [-0.1, -0.05) is 0 Å². The summed E-state index contributed by atoms with van der Waals surface area (Å²) in [5.74, 6) is -0.394. The molecular weight excluding hydrogens is 357 g/mol. The van der Waals surface area contributed by atoms with Crippen LogP contribution >= 0.6 is 11.3 Å². The topological polar surface area (TPSA) is 62.7 Å². The Morgan fingerprint density at radius 3 is 2.38 bits per heavy atom. The van der Waals surface area contributed by atoms with Crippen molar-refractivity contribution in [3.63, 3.8) is 0 Å². The van der Waals surface area contributed by atoms with Gasteiger partial charge in [-0.15, -0.1) is 11.3 Å². The largest absolute Gasteiger partial charge is 0.450 e. The van der Waals surface area contributed by atoms with Gasteiger partial charge in [-0.25, -0.2) is 14.2 Å². The number of nitrogens with zero attached hydrogens (tertiary/aromatic N) is 3. The summed E-state index contributed by atoms with van der Waals surface area (Å²) in [5.41, 5.74) is 1.44. The number of aromatic nitrogens is 1. The molecule has 0 spiro atoms. The third-order valence-electron chi connectivity index (χ3n) is 4.17. The minimum Gasteiger partial charge on any atom is -0.450 e. The zero-order valence-corrected chi connectivity index (χ0v) is 15.5. The second-order valence-electron chi connectivity index (χ2n) is 5.92. The molecule has 1 aliphatic heterocycles. The van der Waals surface area contributed by atoms with Crippen molar-refractivity contribution < 1.29 is 18.7 Å². The fourth-order valence-corrected chi connectivity index (χ4v) is 3.80. The van der Waals surface area contributed by atoms with Crippen LogP contribution in [0.3, 0.4) is 0 Å². The van der Waals surface area contributed by atoms with Gasteiger partial charge in [0.1, 0.15) is 15.7 Å². The Kier molecular flexibility index (Phi) is 5.51. The molecule has 0 saturated carbocycles. The molecule has 1 fully saturated rings. The van der Waals surface area contributed by atoms with Gasteiger partial charge >= 0.3 is 6.09 Å². The van der Waals surface area contributed by atoms with Crippen LogP contribution < -0.4 is 0 Å². The number of thiazole rings is 1. The molecule has 2 aromatic rings. The smallest absolute Gasteiger partial charge is 0.409 e. The first-order chi connectivity index (χ1) is 12.5. The highest BCUT2D eigenvalue weighted by Gasteiger charge is 2.27. The molecule has 0 N–H and O–H groups in total. The average molecular weight is 377 g/mol. The Bertz CT molecular complexity index is 799. The number of aryl methyl sites for hydroxylation is 1. The van der Waals surface area contributed by atoms with Gasteiger partial charge in [0.05, 0.1) is 12.3 Å². The van der Waals surface area contributed by atoms with Gasteiger partial charge in [0.2, 0.25) is 0 Å². The van der Waals surface area contributed by atoms with Crippen molar-refractivity contribution in [1.82, 2.24) is 14.8 Å². The van der Waals surface area contributed by atoms with Gasteiger partial charge < -0.3 is 14.5 Å². The Labute approximate surface area is 155 Å². The Balaban J connectivity index is 1.69. The molecule has 1 aromatic carbocycles. The molecule has 0 bridgehead atoms. The minimum absolute atomic E-state index is 0.0862. The van der Waals surface area contributed by atoms with E-state index in [1.54, 1.807) is 35.8 Å². The lowest BCUT2D eigenvalue weighted by Crippen LogP contribution is -2.50. The molecule has 2 amide bonds. The van der Waals surface area contributed by atoms with E-state index < -0.39 is 0 Å². The second kappa shape index (κ2) is 7.82. The van der Waals surface area contributed by atoms with E-state index in [-0.39, 0.29) is 17.8 Å². The van der Waals surface area contributed by atoms with Crippen molar-refractivity contribution in [3.05, 3.63) is 40.7 Å². The first kappa shape index (κ1) is 18.3. The SMILES string of the molecule is CCOC(=O)N1CCN(C(=O)c2sc(-c3ccc(F)cc3)nc2C)CC1. The number of halogens is 1. The monoisotopic (exact) mass is 377 g/mol. The summed E-state index contributed by atoms with van der Waals surface area (Å²) in [6.07, 6.45) is -0.341. The van der Waals surface area contributed by atoms with Gasteiger partial charge in [0.25, 0.3) is 5.91 Å². The number of benzene rings is 1. The van der Waals surface area contributed by atoms with Crippen molar-refractivity contribution in [3.8, 4) is 10.6 Å². The number of carbonyl (C=O) groups is 2. The third-order valence-corrected chi connectivity index (χ3v) is 5.37. The van der Waals surface area contributed by atoms with Crippen LogP contribution in [0.25, 0.3) is 10.6 Å². The molecule has 2 heterocycles.